The molecule has 2 heterocycles. The summed E-state index contributed by atoms with van der Waals surface area (Å²) in [6.07, 6.45) is 5.37. The van der Waals surface area contributed by atoms with Crippen LogP contribution in [0.5, 0.6) is 0 Å². The number of pyridine rings is 1. The lowest BCUT2D eigenvalue weighted by molar-refractivity contribution is 0.0764. The molecule has 1 fully saturated rings. The van der Waals surface area contributed by atoms with Gasteiger partial charge in [0.2, 0.25) is 10.0 Å². The third kappa shape index (κ3) is 4.27. The Morgan fingerprint density at radius 3 is 2.77 bits per heavy atom. The lowest BCUT2D eigenvalue weighted by atomic mass is 10.2. The fourth-order valence-corrected chi connectivity index (χ4v) is 4.18. The maximum Gasteiger partial charge on any atom is 0.255 e. The second-order valence-electron chi connectivity index (χ2n) is 5.46. The zero-order chi connectivity index (χ0) is 16.0. The van der Waals surface area contributed by atoms with Gasteiger partial charge in [0.1, 0.15) is 0 Å². The van der Waals surface area contributed by atoms with E-state index in [4.69, 9.17) is 0 Å². The molecule has 0 bridgehead atoms. The number of amides is 1. The van der Waals surface area contributed by atoms with Crippen LogP contribution in [0.4, 0.5) is 0 Å². The van der Waals surface area contributed by atoms with Crippen molar-refractivity contribution in [2.45, 2.75) is 26.2 Å². The van der Waals surface area contributed by atoms with Crippen LogP contribution in [0.3, 0.4) is 0 Å². The van der Waals surface area contributed by atoms with Crippen molar-refractivity contribution in [3.63, 3.8) is 0 Å². The molecule has 2 rings (SSSR count). The molecular formula is C15H23N3O3S. The summed E-state index contributed by atoms with van der Waals surface area (Å²) in [4.78, 5) is 18.1. The molecule has 0 aliphatic carbocycles. The van der Waals surface area contributed by atoms with Crippen LogP contribution in [0.25, 0.3) is 0 Å². The number of sulfonamides is 1. The van der Waals surface area contributed by atoms with Crippen molar-refractivity contribution >= 4 is 15.9 Å². The first kappa shape index (κ1) is 16.9. The van der Waals surface area contributed by atoms with Crippen LogP contribution in [0.1, 0.15) is 36.5 Å². The summed E-state index contributed by atoms with van der Waals surface area (Å²) in [6.45, 7) is 3.85. The number of carbonyl (C=O) groups is 1. The van der Waals surface area contributed by atoms with Crippen LogP contribution in [0.15, 0.2) is 24.5 Å². The Morgan fingerprint density at radius 1 is 1.27 bits per heavy atom. The lowest BCUT2D eigenvalue weighted by Gasteiger charge is -2.22. The summed E-state index contributed by atoms with van der Waals surface area (Å²) in [6, 6.07) is 3.46. The average Bonchev–Trinajstić information content (AvgIpc) is 2.80. The number of hydrogen-bond acceptors (Lipinski definition) is 4. The molecule has 1 amide bonds. The molecule has 22 heavy (non-hydrogen) atoms. The van der Waals surface area contributed by atoms with Crippen LogP contribution >= 0.6 is 0 Å². The zero-order valence-corrected chi connectivity index (χ0v) is 13.8. The number of aromatic nitrogens is 1. The Morgan fingerprint density at radius 2 is 2.09 bits per heavy atom. The van der Waals surface area contributed by atoms with Gasteiger partial charge in [-0.1, -0.05) is 13.3 Å². The molecule has 6 nitrogen and oxygen atoms in total. The van der Waals surface area contributed by atoms with E-state index < -0.39 is 10.0 Å². The van der Waals surface area contributed by atoms with Gasteiger partial charge in [-0.2, -0.15) is 0 Å². The van der Waals surface area contributed by atoms with E-state index in [1.165, 1.54) is 4.31 Å². The Balaban J connectivity index is 1.99. The Hall–Kier alpha value is -1.47. The highest BCUT2D eigenvalue weighted by molar-refractivity contribution is 7.89. The van der Waals surface area contributed by atoms with Gasteiger partial charge in [-0.05, 0) is 25.0 Å². The molecule has 0 aromatic carbocycles. The van der Waals surface area contributed by atoms with Crippen molar-refractivity contribution in [2.24, 2.45) is 0 Å². The third-order valence-corrected chi connectivity index (χ3v) is 5.76. The van der Waals surface area contributed by atoms with Crippen molar-refractivity contribution in [3.8, 4) is 0 Å². The van der Waals surface area contributed by atoms with Crippen molar-refractivity contribution in [1.29, 1.82) is 0 Å². The van der Waals surface area contributed by atoms with Gasteiger partial charge in [0.25, 0.3) is 5.91 Å². The predicted octanol–water partition coefficient (Wildman–Crippen LogP) is 1.36. The second-order valence-corrected chi connectivity index (χ2v) is 7.54. The van der Waals surface area contributed by atoms with E-state index in [1.54, 1.807) is 29.4 Å². The maximum absolute atomic E-state index is 12.4. The Kier molecular flexibility index (Phi) is 5.90. The van der Waals surface area contributed by atoms with Gasteiger partial charge in [0.15, 0.2) is 0 Å². The molecule has 7 heteroatoms. The van der Waals surface area contributed by atoms with Gasteiger partial charge < -0.3 is 4.90 Å². The maximum atomic E-state index is 12.4. The Labute approximate surface area is 132 Å². The molecule has 0 atom stereocenters. The van der Waals surface area contributed by atoms with E-state index in [9.17, 15) is 13.2 Å². The first-order valence-electron chi connectivity index (χ1n) is 7.71. The zero-order valence-electron chi connectivity index (χ0n) is 12.9. The fraction of sp³-hybridized carbons (Fsp3) is 0.600. The molecule has 1 aliphatic rings. The summed E-state index contributed by atoms with van der Waals surface area (Å²) in [5.41, 5.74) is 0.546. The molecule has 122 valence electrons. The molecule has 1 aromatic rings. The summed E-state index contributed by atoms with van der Waals surface area (Å²) >= 11 is 0. The van der Waals surface area contributed by atoms with E-state index in [0.29, 0.717) is 44.6 Å². The molecule has 0 saturated carbocycles. The average molecular weight is 325 g/mol. The fourth-order valence-electron chi connectivity index (χ4n) is 2.50. The lowest BCUT2D eigenvalue weighted by Crippen LogP contribution is -2.38. The standard InChI is InChI=1S/C15H23N3O3S/c1-2-3-12-22(20,21)18-9-5-8-17(10-11-18)15(19)14-6-4-7-16-13-14/h4,6-7,13H,2-3,5,8-12H2,1H3. The van der Waals surface area contributed by atoms with Gasteiger partial charge in [-0.25, -0.2) is 12.7 Å². The van der Waals surface area contributed by atoms with Crippen molar-refractivity contribution < 1.29 is 13.2 Å². The molecular weight excluding hydrogens is 302 g/mol. The van der Waals surface area contributed by atoms with E-state index in [1.807, 2.05) is 6.92 Å². The normalized spacial score (nSPS) is 17.2. The minimum absolute atomic E-state index is 0.0825. The van der Waals surface area contributed by atoms with E-state index in [-0.39, 0.29) is 11.7 Å². The van der Waals surface area contributed by atoms with Gasteiger partial charge in [-0.15, -0.1) is 0 Å². The second kappa shape index (κ2) is 7.69. The molecule has 1 saturated heterocycles. The van der Waals surface area contributed by atoms with Crippen LogP contribution in [-0.2, 0) is 10.0 Å². The first-order valence-corrected chi connectivity index (χ1v) is 9.32. The highest BCUT2D eigenvalue weighted by atomic mass is 32.2. The molecule has 0 N–H and O–H groups in total. The van der Waals surface area contributed by atoms with E-state index in [2.05, 4.69) is 4.98 Å². The minimum atomic E-state index is -3.20. The Bertz CT molecular complexity index is 589. The predicted molar refractivity (Wildman–Crippen MR) is 85.0 cm³/mol. The van der Waals surface area contributed by atoms with E-state index in [0.717, 1.165) is 6.42 Å². The van der Waals surface area contributed by atoms with Crippen molar-refractivity contribution in [1.82, 2.24) is 14.2 Å². The summed E-state index contributed by atoms with van der Waals surface area (Å²) in [5.74, 6) is 0.112. The summed E-state index contributed by atoms with van der Waals surface area (Å²) in [5, 5.41) is 0. The van der Waals surface area contributed by atoms with Crippen LogP contribution in [0.2, 0.25) is 0 Å². The number of nitrogens with zero attached hydrogens (tertiary/aromatic N) is 3. The van der Waals surface area contributed by atoms with Gasteiger partial charge >= 0.3 is 0 Å². The number of carbonyl (C=O) groups excluding carboxylic acids is 1. The van der Waals surface area contributed by atoms with E-state index >= 15 is 0 Å². The van der Waals surface area contributed by atoms with Gasteiger partial charge in [-0.3, -0.25) is 9.78 Å². The number of hydrogen-bond donors (Lipinski definition) is 0. The summed E-state index contributed by atoms with van der Waals surface area (Å²) in [7, 11) is -3.20. The number of unbranched alkanes of at least 4 members (excludes halogenated alkanes) is 1. The quantitative estimate of drug-likeness (QED) is 0.819. The molecule has 0 unspecified atom stereocenters. The third-order valence-electron chi connectivity index (χ3n) is 3.80. The first-order chi connectivity index (χ1) is 10.5. The minimum Gasteiger partial charge on any atom is -0.337 e. The molecule has 0 radical (unpaired) electrons. The highest BCUT2D eigenvalue weighted by Gasteiger charge is 2.26. The van der Waals surface area contributed by atoms with Gasteiger partial charge in [0.05, 0.1) is 11.3 Å². The largest absolute Gasteiger partial charge is 0.337 e. The molecule has 1 aliphatic heterocycles. The van der Waals surface area contributed by atoms with Crippen LogP contribution < -0.4 is 0 Å². The topological polar surface area (TPSA) is 70.6 Å². The smallest absolute Gasteiger partial charge is 0.255 e. The summed E-state index contributed by atoms with van der Waals surface area (Å²) < 4.78 is 26.0. The SMILES string of the molecule is CCCCS(=O)(=O)N1CCCN(C(=O)c2cccnc2)CC1. The van der Waals surface area contributed by atoms with Gasteiger partial charge in [0, 0.05) is 38.6 Å². The van der Waals surface area contributed by atoms with Crippen molar-refractivity contribution in [2.75, 3.05) is 31.9 Å². The van der Waals surface area contributed by atoms with Crippen LogP contribution in [0, 0.1) is 0 Å². The van der Waals surface area contributed by atoms with Crippen LogP contribution in [-0.4, -0.2) is 60.4 Å². The van der Waals surface area contributed by atoms with Crippen molar-refractivity contribution in [3.05, 3.63) is 30.1 Å². The monoisotopic (exact) mass is 325 g/mol. The molecule has 1 aromatic heterocycles. The highest BCUT2D eigenvalue weighted by Crippen LogP contribution is 2.12. The molecule has 0 spiro atoms. The number of rotatable bonds is 5.